The number of piperidine rings is 1. The fraction of sp³-hybridized carbons (Fsp3) is 0.304. The summed E-state index contributed by atoms with van der Waals surface area (Å²) in [5.74, 6) is -0.676. The topological polar surface area (TPSA) is 60.9 Å². The van der Waals surface area contributed by atoms with Gasteiger partial charge in [-0.3, -0.25) is 9.59 Å². The lowest BCUT2D eigenvalue weighted by molar-refractivity contribution is -0.120. The Morgan fingerprint density at radius 2 is 1.73 bits per heavy atom. The van der Waals surface area contributed by atoms with E-state index in [2.05, 4.69) is 0 Å². The van der Waals surface area contributed by atoms with Gasteiger partial charge in [-0.15, -0.1) is 0 Å². The van der Waals surface area contributed by atoms with Crippen LogP contribution in [0.3, 0.4) is 0 Å². The van der Waals surface area contributed by atoms with Crippen molar-refractivity contribution in [3.8, 4) is 0 Å². The van der Waals surface area contributed by atoms with E-state index in [-0.39, 0.29) is 24.3 Å². The Kier molecular flexibility index (Phi) is 5.87. The van der Waals surface area contributed by atoms with E-state index >= 15 is 0 Å². The molecule has 0 saturated carbocycles. The summed E-state index contributed by atoms with van der Waals surface area (Å²) < 4.78 is 0. The van der Waals surface area contributed by atoms with E-state index in [4.69, 9.17) is 23.2 Å². The predicted octanol–water partition coefficient (Wildman–Crippen LogP) is 4.29. The first-order chi connectivity index (χ1) is 14.4. The van der Waals surface area contributed by atoms with Crippen molar-refractivity contribution in [3.63, 3.8) is 0 Å². The van der Waals surface area contributed by atoms with Crippen LogP contribution in [0.15, 0.2) is 48.2 Å². The van der Waals surface area contributed by atoms with E-state index in [1.807, 2.05) is 11.8 Å². The van der Waals surface area contributed by atoms with Gasteiger partial charge in [-0.05, 0) is 61.1 Å². The number of hydrogen-bond acceptors (Lipinski definition) is 4. The highest BCUT2D eigenvalue weighted by Gasteiger charge is 2.43. The second-order valence-electron chi connectivity index (χ2n) is 7.74. The Hall–Kier alpha value is -2.34. The van der Waals surface area contributed by atoms with Crippen molar-refractivity contribution in [2.75, 3.05) is 24.6 Å². The normalized spacial score (nSPS) is 19.8. The molecule has 2 aromatic carbocycles. The first-order valence-corrected chi connectivity index (χ1v) is 10.7. The van der Waals surface area contributed by atoms with Crippen molar-refractivity contribution in [3.05, 3.63) is 69.3 Å². The maximum absolute atomic E-state index is 13.6. The highest BCUT2D eigenvalue weighted by atomic mass is 35.5. The molecule has 0 radical (unpaired) electrons. The molecule has 1 unspecified atom stereocenters. The fourth-order valence-corrected chi connectivity index (χ4v) is 4.44. The number of carbonyl (C=O) groups is 2. The zero-order valence-corrected chi connectivity index (χ0v) is 18.1. The van der Waals surface area contributed by atoms with Crippen LogP contribution >= 0.6 is 23.2 Å². The summed E-state index contributed by atoms with van der Waals surface area (Å²) in [7, 11) is 0. The smallest absolute Gasteiger partial charge is 0.282 e. The Balaban J connectivity index is 1.84. The fourth-order valence-electron chi connectivity index (χ4n) is 4.15. The third-order valence-electron chi connectivity index (χ3n) is 5.70. The van der Waals surface area contributed by atoms with Crippen molar-refractivity contribution in [2.24, 2.45) is 5.92 Å². The summed E-state index contributed by atoms with van der Waals surface area (Å²) >= 11 is 12.2. The molecular weight excluding hydrogens is 423 g/mol. The van der Waals surface area contributed by atoms with Gasteiger partial charge in [0, 0.05) is 29.7 Å². The highest BCUT2D eigenvalue weighted by Crippen LogP contribution is 2.38. The molecule has 0 aromatic heterocycles. The molecule has 7 heteroatoms. The van der Waals surface area contributed by atoms with E-state index < -0.39 is 0 Å². The molecule has 1 N–H and O–H groups in total. The van der Waals surface area contributed by atoms with Gasteiger partial charge in [0.15, 0.2) is 0 Å². The van der Waals surface area contributed by atoms with Crippen LogP contribution in [0.25, 0.3) is 5.57 Å². The first-order valence-electron chi connectivity index (χ1n) is 9.91. The van der Waals surface area contributed by atoms with Gasteiger partial charge >= 0.3 is 0 Å². The zero-order valence-electron chi connectivity index (χ0n) is 16.6. The van der Waals surface area contributed by atoms with Gasteiger partial charge < -0.3 is 10.0 Å². The van der Waals surface area contributed by atoms with E-state index in [0.717, 1.165) is 18.4 Å². The molecule has 0 aliphatic carbocycles. The van der Waals surface area contributed by atoms with Gasteiger partial charge in [-0.25, -0.2) is 4.90 Å². The molecule has 2 aromatic rings. The van der Waals surface area contributed by atoms with Crippen molar-refractivity contribution in [1.82, 2.24) is 4.90 Å². The van der Waals surface area contributed by atoms with E-state index in [1.165, 1.54) is 4.90 Å². The van der Waals surface area contributed by atoms with E-state index in [9.17, 15) is 14.7 Å². The Morgan fingerprint density at radius 3 is 2.43 bits per heavy atom. The lowest BCUT2D eigenvalue weighted by Gasteiger charge is -2.34. The molecule has 5 nitrogen and oxygen atoms in total. The summed E-state index contributed by atoms with van der Waals surface area (Å²) in [5, 5.41) is 10.7. The summed E-state index contributed by atoms with van der Waals surface area (Å²) in [5.41, 5.74) is 2.63. The number of likely N-dealkylation sites (tertiary alicyclic amines) is 1. The quantitative estimate of drug-likeness (QED) is 0.714. The van der Waals surface area contributed by atoms with Crippen LogP contribution in [0.1, 0.15) is 24.0 Å². The molecule has 2 amide bonds. The third kappa shape index (κ3) is 3.73. The molecule has 1 atom stereocenters. The zero-order chi connectivity index (χ0) is 21.4. The number of amides is 2. The molecule has 4 rings (SSSR count). The van der Waals surface area contributed by atoms with Crippen LogP contribution in [0, 0.1) is 12.8 Å². The van der Waals surface area contributed by atoms with Gasteiger partial charge in [-0.1, -0.05) is 41.4 Å². The number of benzene rings is 2. The van der Waals surface area contributed by atoms with Crippen LogP contribution in [-0.2, 0) is 9.59 Å². The van der Waals surface area contributed by atoms with Crippen LogP contribution in [-0.4, -0.2) is 41.5 Å². The first kappa shape index (κ1) is 20.9. The standard InChI is InChI=1S/C23H22Cl2N2O3/c1-14-4-7-18(25)11-19(14)27-22(29)20(16-5-8-17(24)9-6-16)21(23(27)30)26-10-2-3-15(12-26)13-28/h4-9,11,15,28H,2-3,10,12-13H2,1H3. The van der Waals surface area contributed by atoms with Gasteiger partial charge in [0.2, 0.25) is 0 Å². The molecule has 1 saturated heterocycles. The summed E-state index contributed by atoms with van der Waals surface area (Å²) in [6.45, 7) is 3.09. The molecule has 0 spiro atoms. The number of hydrogen-bond donors (Lipinski definition) is 1. The lowest BCUT2D eigenvalue weighted by atomic mass is 9.97. The number of aliphatic hydroxyl groups is 1. The van der Waals surface area contributed by atoms with Crippen molar-refractivity contribution >= 4 is 46.3 Å². The molecule has 2 heterocycles. The highest BCUT2D eigenvalue weighted by molar-refractivity contribution is 6.46. The SMILES string of the molecule is Cc1ccc(Cl)cc1N1C(=O)C(c2ccc(Cl)cc2)=C(N2CCCC(CO)C2)C1=O. The number of halogens is 2. The van der Waals surface area contributed by atoms with Crippen molar-refractivity contribution in [2.45, 2.75) is 19.8 Å². The summed E-state index contributed by atoms with van der Waals surface area (Å²) in [6, 6.07) is 12.1. The van der Waals surface area contributed by atoms with Crippen molar-refractivity contribution in [1.29, 1.82) is 0 Å². The Labute approximate surface area is 185 Å². The molecular formula is C23H22Cl2N2O3. The van der Waals surface area contributed by atoms with Crippen molar-refractivity contribution < 1.29 is 14.7 Å². The van der Waals surface area contributed by atoms with Gasteiger partial charge in [0.1, 0.15) is 5.70 Å². The number of nitrogens with zero attached hydrogens (tertiary/aromatic N) is 2. The summed E-state index contributed by atoms with van der Waals surface area (Å²) in [4.78, 5) is 30.3. The summed E-state index contributed by atoms with van der Waals surface area (Å²) in [6.07, 6.45) is 1.75. The second-order valence-corrected chi connectivity index (χ2v) is 8.62. The minimum Gasteiger partial charge on any atom is -0.396 e. The maximum atomic E-state index is 13.6. The molecule has 30 heavy (non-hydrogen) atoms. The second kappa shape index (κ2) is 8.42. The number of aliphatic hydroxyl groups excluding tert-OH is 1. The molecule has 156 valence electrons. The van der Waals surface area contributed by atoms with Crippen LogP contribution in [0.2, 0.25) is 10.0 Å². The maximum Gasteiger partial charge on any atom is 0.282 e. The number of imide groups is 1. The lowest BCUT2D eigenvalue weighted by Crippen LogP contribution is -2.40. The average molecular weight is 445 g/mol. The van der Waals surface area contributed by atoms with Crippen LogP contribution < -0.4 is 4.90 Å². The molecule has 1 fully saturated rings. The van der Waals surface area contributed by atoms with Gasteiger partial charge in [-0.2, -0.15) is 0 Å². The van der Waals surface area contributed by atoms with Crippen LogP contribution in [0.5, 0.6) is 0 Å². The minimum absolute atomic E-state index is 0.0549. The minimum atomic E-state index is -0.381. The van der Waals surface area contributed by atoms with Gasteiger partial charge in [0.25, 0.3) is 11.8 Å². The number of carbonyl (C=O) groups excluding carboxylic acids is 2. The van der Waals surface area contributed by atoms with Crippen LogP contribution in [0.4, 0.5) is 5.69 Å². The monoisotopic (exact) mass is 444 g/mol. The Morgan fingerprint density at radius 1 is 1.03 bits per heavy atom. The Bertz CT molecular complexity index is 1030. The average Bonchev–Trinajstić information content (AvgIpc) is 3.00. The predicted molar refractivity (Wildman–Crippen MR) is 118 cm³/mol. The molecule has 2 aliphatic heterocycles. The number of rotatable bonds is 4. The molecule has 0 bridgehead atoms. The van der Waals surface area contributed by atoms with Gasteiger partial charge in [0.05, 0.1) is 11.3 Å². The number of anilines is 1. The number of aryl methyl sites for hydroxylation is 1. The van der Waals surface area contributed by atoms with E-state index in [0.29, 0.717) is 45.7 Å². The third-order valence-corrected chi connectivity index (χ3v) is 6.18. The molecule has 2 aliphatic rings. The largest absolute Gasteiger partial charge is 0.396 e. The van der Waals surface area contributed by atoms with E-state index in [1.54, 1.807) is 42.5 Å².